The van der Waals surface area contributed by atoms with Crippen molar-refractivity contribution >= 4 is 76.6 Å². The predicted molar refractivity (Wildman–Crippen MR) is 333 cm³/mol. The molecule has 0 bridgehead atoms. The Bertz CT molecular complexity index is 2550. The average Bonchev–Trinajstić information content (AvgIpc) is 1.54. The Morgan fingerprint density at radius 2 is 1.22 bits per heavy atom. The lowest BCUT2D eigenvalue weighted by atomic mass is 9.78. The van der Waals surface area contributed by atoms with Crippen LogP contribution in [0.1, 0.15) is 177 Å². The van der Waals surface area contributed by atoms with Crippen LogP contribution in [0.5, 0.6) is 0 Å². The van der Waals surface area contributed by atoms with E-state index in [2.05, 4.69) is 21.3 Å². The third-order valence-corrected chi connectivity index (χ3v) is 20.2. The smallest absolute Gasteiger partial charge is 0.351 e. The number of amides is 11. The third kappa shape index (κ3) is 19.6. The second-order valence-electron chi connectivity index (χ2n) is 27.6. The topological polar surface area (TPSA) is 259 Å². The number of alkyl halides is 4. The summed E-state index contributed by atoms with van der Waals surface area (Å²) in [6.07, 6.45) is 2.89. The van der Waals surface area contributed by atoms with Crippen molar-refractivity contribution in [2.45, 2.75) is 236 Å². The highest BCUT2D eigenvalue weighted by atomic mass is 35.5. The van der Waals surface area contributed by atoms with Gasteiger partial charge in [0.1, 0.15) is 41.8 Å². The molecule has 90 heavy (non-hydrogen) atoms. The Hall–Kier alpha value is -5.75. The van der Waals surface area contributed by atoms with Crippen molar-refractivity contribution in [1.29, 1.82) is 0 Å². The zero-order valence-corrected chi connectivity index (χ0v) is 56.4. The van der Waals surface area contributed by atoms with E-state index in [0.717, 1.165) is 41.9 Å². The minimum atomic E-state index is -4.49. The van der Waals surface area contributed by atoms with E-state index in [9.17, 15) is 61.1 Å². The number of carbonyl (C=O) groups is 11. The highest BCUT2D eigenvalue weighted by Gasteiger charge is 2.51. The summed E-state index contributed by atoms with van der Waals surface area (Å²) >= 11 is 6.36. The molecule has 3 aliphatic carbocycles. The molecule has 3 saturated carbocycles. The summed E-state index contributed by atoms with van der Waals surface area (Å²) in [6.45, 7) is 11.1. The van der Waals surface area contributed by atoms with Gasteiger partial charge in [0.2, 0.25) is 65.0 Å². The summed E-state index contributed by atoms with van der Waals surface area (Å²) in [6, 6.07) is -7.57. The second kappa shape index (κ2) is 33.2. The van der Waals surface area contributed by atoms with E-state index in [4.69, 9.17) is 11.6 Å². The van der Waals surface area contributed by atoms with Gasteiger partial charge in [0, 0.05) is 66.7 Å². The summed E-state index contributed by atoms with van der Waals surface area (Å²) in [5.74, 6) is -9.58. The fourth-order valence-electron chi connectivity index (χ4n) is 14.0. The maximum Gasteiger partial charge on any atom is 0.393 e. The molecular formula is C64H105ClF3N11O11. The van der Waals surface area contributed by atoms with Gasteiger partial charge in [0.25, 0.3) is 0 Å². The first kappa shape index (κ1) is 75.0. The zero-order chi connectivity index (χ0) is 67.3. The molecule has 3 unspecified atom stereocenters. The fourth-order valence-corrected chi connectivity index (χ4v) is 14.5. The summed E-state index contributed by atoms with van der Waals surface area (Å²) < 4.78 is 41.7. The number of carbonyl (C=O) groups excluding carboxylic acids is 11. The zero-order valence-electron chi connectivity index (χ0n) is 55.7. The van der Waals surface area contributed by atoms with Crippen LogP contribution in [-0.2, 0) is 52.7 Å². The summed E-state index contributed by atoms with van der Waals surface area (Å²) in [7, 11) is 8.62. The SMILES string of the molecule is CC[C@H](C)[C@@H]1NC(=O)[C@H](CC(C)C)N(C)C(=O)C[C@@H](C)NC(=O)[C@H](C(C)C)N(C)C(=O)C2(CCCC2)NC(=O)[C@@H]2CCCN2C(=O)[C@H](CCC2CCC(C(F)(F)F)C(Cl)C2)NC(=O)CN(C)C(=O)[C@H](CC2CCCCC2)N(C)C(=O)CN(C)C(=O)CN(C)C1=O. The standard InChI is InChI=1S/C64H105ClF3N11O11/c1-14-40(6)54-61(89)75(10)36-52(82)73(8)37-53(83)77(12)49(34-42-21-16-15-17-22-42)60(88)74(9)35-50(80)70-46(27-25-43-24-26-44(45(65)33-43)64(66,67)68)59(87)79-30-20-23-47(79)57(85)72-63(28-18-19-29-63)62(90)78(13)55(39(4)5)58(86)69-41(7)32-51(81)76(11)48(31-38(2)3)56(84)71-54/h38-49,54-55H,14-37H2,1-13H3,(H,69,86)(H,70,80)(H,71,84)(H,72,85)/t40-,41+,43?,44?,45?,46-,47-,48-,49-,54-,55-/m0/s1. The summed E-state index contributed by atoms with van der Waals surface area (Å²) in [5.41, 5.74) is -1.48. The average molecular weight is 1300 g/mol. The number of nitrogens with zero attached hydrogens (tertiary/aromatic N) is 7. The molecule has 510 valence electrons. The molecule has 5 rings (SSSR count). The first-order chi connectivity index (χ1) is 42.1. The third-order valence-electron chi connectivity index (χ3n) is 19.7. The van der Waals surface area contributed by atoms with E-state index < -0.39 is 162 Å². The van der Waals surface area contributed by atoms with Crippen molar-refractivity contribution in [3.05, 3.63) is 0 Å². The highest BCUT2D eigenvalue weighted by molar-refractivity contribution is 6.20. The molecule has 26 heteroatoms. The lowest BCUT2D eigenvalue weighted by Crippen LogP contribution is -2.64. The molecule has 11 atom stereocenters. The first-order valence-corrected chi connectivity index (χ1v) is 33.3. The van der Waals surface area contributed by atoms with Gasteiger partial charge in [0.15, 0.2) is 0 Å². The first-order valence-electron chi connectivity index (χ1n) is 32.9. The van der Waals surface area contributed by atoms with Crippen LogP contribution in [-0.4, -0.2) is 227 Å². The van der Waals surface area contributed by atoms with Gasteiger partial charge in [-0.25, -0.2) is 0 Å². The second-order valence-corrected chi connectivity index (χ2v) is 28.2. The number of rotatable bonds is 10. The molecule has 0 radical (unpaired) electrons. The van der Waals surface area contributed by atoms with Gasteiger partial charge in [0.05, 0.1) is 25.6 Å². The summed E-state index contributed by atoms with van der Waals surface area (Å²) in [5, 5.41) is 10.4. The largest absolute Gasteiger partial charge is 0.393 e. The van der Waals surface area contributed by atoms with Gasteiger partial charge in [-0.2, -0.15) is 13.2 Å². The number of likely N-dealkylation sites (N-methyl/N-ethyl adjacent to an activating group) is 6. The molecule has 0 aromatic carbocycles. The molecule has 2 heterocycles. The van der Waals surface area contributed by atoms with Crippen LogP contribution in [0.15, 0.2) is 0 Å². The van der Waals surface area contributed by atoms with Crippen LogP contribution in [0.4, 0.5) is 13.2 Å². The number of hydrogen-bond acceptors (Lipinski definition) is 11. The predicted octanol–water partition coefficient (Wildman–Crippen LogP) is 5.23. The lowest BCUT2D eigenvalue weighted by molar-refractivity contribution is -0.182. The van der Waals surface area contributed by atoms with Crippen LogP contribution in [0.3, 0.4) is 0 Å². The van der Waals surface area contributed by atoms with Gasteiger partial charge in [-0.1, -0.05) is 92.9 Å². The van der Waals surface area contributed by atoms with Crippen molar-refractivity contribution in [1.82, 2.24) is 55.6 Å². The van der Waals surface area contributed by atoms with Gasteiger partial charge < -0.3 is 55.6 Å². The van der Waals surface area contributed by atoms with E-state index in [1.54, 1.807) is 27.7 Å². The monoisotopic (exact) mass is 1300 g/mol. The molecule has 2 saturated heterocycles. The van der Waals surface area contributed by atoms with E-state index in [0.29, 0.717) is 25.7 Å². The fraction of sp³-hybridized carbons (Fsp3) is 0.828. The molecule has 22 nitrogen and oxygen atoms in total. The lowest BCUT2D eigenvalue weighted by Gasteiger charge is -2.39. The van der Waals surface area contributed by atoms with Gasteiger partial charge in [-0.15, -0.1) is 11.6 Å². The Labute approximate surface area is 536 Å². The van der Waals surface area contributed by atoms with E-state index >= 15 is 4.79 Å². The maximum atomic E-state index is 15.0. The van der Waals surface area contributed by atoms with E-state index in [-0.39, 0.29) is 94.9 Å². The van der Waals surface area contributed by atoms with Crippen molar-refractivity contribution < 1.29 is 65.9 Å². The Kier molecular flexibility index (Phi) is 27.7. The molecule has 1 spiro atoms. The normalized spacial score (nSPS) is 29.9. The minimum Gasteiger partial charge on any atom is -0.351 e. The molecule has 2 aliphatic heterocycles. The molecule has 0 aromatic rings. The Morgan fingerprint density at radius 1 is 0.611 bits per heavy atom. The quantitative estimate of drug-likeness (QED) is 0.206. The molecule has 4 N–H and O–H groups in total. The van der Waals surface area contributed by atoms with Crippen LogP contribution in [0.25, 0.3) is 0 Å². The Balaban J connectivity index is 1.52. The van der Waals surface area contributed by atoms with E-state index in [1.807, 2.05) is 20.8 Å². The Morgan fingerprint density at radius 3 is 1.81 bits per heavy atom. The number of fused-ring (bicyclic) bond motifs is 1. The van der Waals surface area contributed by atoms with Crippen molar-refractivity contribution in [3.63, 3.8) is 0 Å². The maximum absolute atomic E-state index is 15.0. The number of hydrogen-bond donors (Lipinski definition) is 4. The molecule has 5 fully saturated rings. The van der Waals surface area contributed by atoms with Gasteiger partial charge in [-0.3, -0.25) is 52.7 Å². The number of nitrogens with one attached hydrogen (secondary N) is 4. The van der Waals surface area contributed by atoms with Crippen molar-refractivity contribution in [2.24, 2.45) is 35.5 Å². The molecule has 5 aliphatic rings. The minimum absolute atomic E-state index is 0.0146. The van der Waals surface area contributed by atoms with Crippen LogP contribution >= 0.6 is 11.6 Å². The number of halogens is 4. The van der Waals surface area contributed by atoms with Crippen LogP contribution < -0.4 is 21.3 Å². The van der Waals surface area contributed by atoms with Gasteiger partial charge in [-0.05, 0) is 107 Å². The van der Waals surface area contributed by atoms with E-state index in [1.165, 1.54) is 66.8 Å². The van der Waals surface area contributed by atoms with Crippen molar-refractivity contribution in [2.75, 3.05) is 68.5 Å². The summed E-state index contributed by atoms with van der Waals surface area (Å²) in [4.78, 5) is 168. The molecule has 11 amide bonds. The van der Waals surface area contributed by atoms with Gasteiger partial charge >= 0.3 is 6.18 Å². The van der Waals surface area contributed by atoms with Crippen LogP contribution in [0, 0.1) is 35.5 Å². The van der Waals surface area contributed by atoms with Crippen molar-refractivity contribution in [3.8, 4) is 0 Å². The van der Waals surface area contributed by atoms with Crippen LogP contribution in [0.2, 0.25) is 0 Å². The highest BCUT2D eigenvalue weighted by Crippen LogP contribution is 2.44. The molecular weight excluding hydrogens is 1190 g/mol. The molecule has 0 aromatic heterocycles.